The summed E-state index contributed by atoms with van der Waals surface area (Å²) in [5.41, 5.74) is 3.08. The molecular weight excluding hydrogens is 382 g/mol. The Morgan fingerprint density at radius 1 is 0.517 bits per heavy atom. The topological polar surface area (TPSA) is 99.1 Å². The van der Waals surface area contributed by atoms with Gasteiger partial charge in [0, 0.05) is 15.3 Å². The van der Waals surface area contributed by atoms with Gasteiger partial charge in [-0.05, 0) is 53.1 Å². The summed E-state index contributed by atoms with van der Waals surface area (Å²) in [4.78, 5) is 0. The number of hydrogen-bond donors (Lipinski definition) is 0. The molecule has 0 amide bonds. The van der Waals surface area contributed by atoms with Gasteiger partial charge in [0.15, 0.2) is 0 Å². The third-order valence-corrected chi connectivity index (χ3v) is 6.52. The molecule has 0 saturated carbocycles. The highest BCUT2D eigenvalue weighted by molar-refractivity contribution is 6.20. The predicted molar refractivity (Wildman–Crippen MR) is 108 cm³/mol. The van der Waals surface area contributed by atoms with Crippen molar-refractivity contribution in [2.24, 2.45) is 0 Å². The van der Waals surface area contributed by atoms with Crippen molar-refractivity contribution in [2.45, 2.75) is 5.04 Å². The third kappa shape index (κ3) is 4.04. The lowest BCUT2D eigenvalue weighted by Gasteiger charge is -2.32. The average Bonchev–Trinajstić information content (AvgIpc) is 2.75. The van der Waals surface area contributed by atoms with Gasteiger partial charge >= 0.3 is 0 Å². The molecule has 0 aliphatic carbocycles. The smallest absolute Gasteiger partial charge is 0.292 e. The number of benzene rings is 3. The van der Waals surface area contributed by atoms with Crippen molar-refractivity contribution < 1.29 is 14.2 Å². The lowest BCUT2D eigenvalue weighted by atomic mass is 9.83. The molecular formula is C22H15N3O3Si. The summed E-state index contributed by atoms with van der Waals surface area (Å²) >= 11 is 0. The van der Waals surface area contributed by atoms with E-state index < -0.39 is 5.04 Å². The third-order valence-electron chi connectivity index (χ3n) is 4.79. The van der Waals surface area contributed by atoms with Crippen LogP contribution in [0.5, 0.6) is 17.2 Å². The quantitative estimate of drug-likeness (QED) is 0.360. The minimum Gasteiger partial charge on any atom is -0.388 e. The molecule has 3 rings (SSSR count). The molecule has 0 fully saturated rings. The number of nitriles is 3. The fourth-order valence-electron chi connectivity index (χ4n) is 3.23. The molecule has 0 saturated heterocycles. The molecule has 0 aliphatic heterocycles. The molecule has 0 N–H and O–H groups in total. The summed E-state index contributed by atoms with van der Waals surface area (Å²) in [6.45, 7) is 0. The van der Waals surface area contributed by atoms with E-state index in [0.29, 0.717) is 27.5 Å². The van der Waals surface area contributed by atoms with Crippen molar-refractivity contribution >= 4 is 10.2 Å². The van der Waals surface area contributed by atoms with Crippen molar-refractivity contribution in [3.05, 3.63) is 89.5 Å². The maximum absolute atomic E-state index is 8.71. The highest BCUT2D eigenvalue weighted by atomic mass is 28.1. The van der Waals surface area contributed by atoms with E-state index in [2.05, 4.69) is 0 Å². The molecule has 0 unspecified atom stereocenters. The molecule has 0 heterocycles. The molecule has 0 aromatic heterocycles. The summed E-state index contributed by atoms with van der Waals surface area (Å²) in [7, 11) is 0.715. The van der Waals surface area contributed by atoms with Crippen LogP contribution in [0.1, 0.15) is 16.7 Å². The van der Waals surface area contributed by atoms with Crippen LogP contribution in [0.2, 0.25) is 0 Å². The second kappa shape index (κ2) is 8.62. The summed E-state index contributed by atoms with van der Waals surface area (Å²) in [6.07, 6.45) is 5.01. The van der Waals surface area contributed by atoms with E-state index in [1.165, 1.54) is 0 Å². The van der Waals surface area contributed by atoms with Crippen LogP contribution in [-0.2, 0) is 5.04 Å². The first-order chi connectivity index (χ1) is 14.1. The van der Waals surface area contributed by atoms with Crippen molar-refractivity contribution in [1.29, 1.82) is 15.8 Å². The summed E-state index contributed by atoms with van der Waals surface area (Å²) in [5.74, 6) is 1.41. The molecule has 140 valence electrons. The van der Waals surface area contributed by atoms with E-state index in [4.69, 9.17) is 30.0 Å². The van der Waals surface area contributed by atoms with Crippen molar-refractivity contribution in [3.63, 3.8) is 0 Å². The van der Waals surface area contributed by atoms with Crippen LogP contribution in [0.25, 0.3) is 0 Å². The Morgan fingerprint density at radius 3 is 0.966 bits per heavy atom. The van der Waals surface area contributed by atoms with Gasteiger partial charge in [-0.25, -0.2) is 0 Å². The van der Waals surface area contributed by atoms with Crippen molar-refractivity contribution in [3.8, 4) is 36.0 Å². The zero-order valence-electron chi connectivity index (χ0n) is 15.5. The normalized spacial score (nSPS) is 10.2. The van der Waals surface area contributed by atoms with Crippen LogP contribution in [-0.4, -0.2) is 10.2 Å². The Kier molecular flexibility index (Phi) is 5.80. The van der Waals surface area contributed by atoms with E-state index in [-0.39, 0.29) is 0 Å². The van der Waals surface area contributed by atoms with Gasteiger partial charge in [-0.3, -0.25) is 0 Å². The second-order valence-corrected chi connectivity index (χ2v) is 7.78. The number of ether oxygens (including phenoxy) is 3. The van der Waals surface area contributed by atoms with Gasteiger partial charge in [-0.1, -0.05) is 36.4 Å². The number of rotatable bonds is 6. The van der Waals surface area contributed by atoms with Crippen LogP contribution in [0.4, 0.5) is 0 Å². The highest BCUT2D eigenvalue weighted by Crippen LogP contribution is 2.38. The number of hydrogen-bond acceptors (Lipinski definition) is 6. The SMILES string of the molecule is N#COc1ccc(C([SiH3])(c2ccc(OC#N)cc2)c2ccc(OC#N)cc2)cc1. The zero-order chi connectivity index (χ0) is 20.7. The molecule has 3 aromatic carbocycles. The van der Waals surface area contributed by atoms with Gasteiger partial charge < -0.3 is 14.2 Å². The molecule has 0 spiro atoms. The fourth-order valence-corrected chi connectivity index (χ4v) is 4.23. The fraction of sp³-hybridized carbons (Fsp3) is 0.0455. The van der Waals surface area contributed by atoms with E-state index in [9.17, 15) is 0 Å². The first kappa shape index (κ1) is 19.5. The van der Waals surface area contributed by atoms with E-state index in [1.807, 2.05) is 36.4 Å². The molecule has 29 heavy (non-hydrogen) atoms. The molecule has 7 heteroatoms. The monoisotopic (exact) mass is 397 g/mol. The zero-order valence-corrected chi connectivity index (χ0v) is 17.5. The Bertz CT molecular complexity index is 963. The van der Waals surface area contributed by atoms with E-state index in [0.717, 1.165) is 16.7 Å². The van der Waals surface area contributed by atoms with E-state index >= 15 is 0 Å². The Morgan fingerprint density at radius 2 is 0.759 bits per heavy atom. The standard InChI is InChI=1S/C22H15N3O3Si/c23-13-26-19-7-1-16(2-8-19)22(29,17-3-9-20(10-4-17)27-14-24)18-5-11-21(12-6-18)28-15-25/h1-12H,29H3. The average molecular weight is 397 g/mol. The van der Waals surface area contributed by atoms with Crippen LogP contribution in [0.3, 0.4) is 0 Å². The second-order valence-electron chi connectivity index (χ2n) is 6.28. The van der Waals surface area contributed by atoms with Gasteiger partial charge in [0.1, 0.15) is 17.2 Å². The largest absolute Gasteiger partial charge is 0.388 e. The van der Waals surface area contributed by atoms with E-state index in [1.54, 1.807) is 55.2 Å². The van der Waals surface area contributed by atoms with Crippen LogP contribution in [0.15, 0.2) is 72.8 Å². The first-order valence-corrected chi connectivity index (χ1v) is 9.61. The Labute approximate surface area is 171 Å². The van der Waals surface area contributed by atoms with Gasteiger partial charge in [0.2, 0.25) is 0 Å². The highest BCUT2D eigenvalue weighted by Gasteiger charge is 2.31. The molecule has 3 aromatic rings. The van der Waals surface area contributed by atoms with Gasteiger partial charge in [0.25, 0.3) is 18.8 Å². The van der Waals surface area contributed by atoms with Crippen molar-refractivity contribution in [2.75, 3.05) is 0 Å². The van der Waals surface area contributed by atoms with Crippen molar-refractivity contribution in [1.82, 2.24) is 0 Å². The summed E-state index contributed by atoms with van der Waals surface area (Å²) < 4.78 is 14.7. The van der Waals surface area contributed by atoms with Gasteiger partial charge in [-0.2, -0.15) is 0 Å². The van der Waals surface area contributed by atoms with Crippen LogP contribution >= 0.6 is 0 Å². The maximum atomic E-state index is 8.71. The summed E-state index contributed by atoms with van der Waals surface area (Å²) in [6, 6.07) is 22.1. The minimum atomic E-state index is -0.429. The first-order valence-electron chi connectivity index (χ1n) is 8.61. The minimum absolute atomic E-state index is 0.429. The summed E-state index contributed by atoms with van der Waals surface area (Å²) in [5, 5.41) is 25.7. The Hall–Kier alpha value is -4.25. The Balaban J connectivity index is 2.11. The lowest BCUT2D eigenvalue weighted by Crippen LogP contribution is -2.29. The molecule has 0 atom stereocenters. The molecule has 0 aliphatic rings. The van der Waals surface area contributed by atoms with Crippen LogP contribution < -0.4 is 14.2 Å². The lowest BCUT2D eigenvalue weighted by molar-refractivity contribution is 0.506. The maximum Gasteiger partial charge on any atom is 0.292 e. The molecule has 6 nitrogen and oxygen atoms in total. The van der Waals surface area contributed by atoms with Crippen LogP contribution in [0, 0.1) is 34.6 Å². The predicted octanol–water partition coefficient (Wildman–Crippen LogP) is 2.92. The van der Waals surface area contributed by atoms with Gasteiger partial charge in [-0.15, -0.1) is 15.8 Å². The number of nitrogens with zero attached hydrogens (tertiary/aromatic N) is 3. The molecule has 0 bridgehead atoms. The molecule has 0 radical (unpaired) electrons. The van der Waals surface area contributed by atoms with Gasteiger partial charge in [0.05, 0.1) is 0 Å².